The van der Waals surface area contributed by atoms with Gasteiger partial charge in [0, 0.05) is 30.3 Å². The van der Waals surface area contributed by atoms with E-state index in [-0.39, 0.29) is 35.5 Å². The molecule has 0 amide bonds. The molecule has 0 unspecified atom stereocenters. The first kappa shape index (κ1) is 26.5. The third kappa shape index (κ3) is 5.36. The number of fused-ring (bicyclic) bond motifs is 2. The molecule has 1 aromatic carbocycles. The number of aromatic amines is 1. The van der Waals surface area contributed by atoms with Gasteiger partial charge >= 0.3 is 6.18 Å². The normalized spacial score (nSPS) is 21.5. The van der Waals surface area contributed by atoms with Gasteiger partial charge in [-0.05, 0) is 74.4 Å². The monoisotopic (exact) mass is 530 g/mol. The van der Waals surface area contributed by atoms with Crippen LogP contribution in [0, 0.1) is 12.3 Å². The maximum atomic E-state index is 13.2. The Morgan fingerprint density at radius 3 is 2.53 bits per heavy atom. The van der Waals surface area contributed by atoms with Crippen LogP contribution in [0.1, 0.15) is 79.8 Å². The number of benzene rings is 1. The second kappa shape index (κ2) is 9.55. The van der Waals surface area contributed by atoms with Crippen LogP contribution in [0.4, 0.5) is 18.9 Å². The topological polar surface area (TPSA) is 100 Å². The smallest absolute Gasteiger partial charge is 0.389 e. The second-order valence-electron chi connectivity index (χ2n) is 11.6. The summed E-state index contributed by atoms with van der Waals surface area (Å²) in [4.78, 5) is 28.8. The zero-order chi connectivity index (χ0) is 27.4. The Morgan fingerprint density at radius 2 is 1.84 bits per heavy atom. The lowest BCUT2D eigenvalue weighted by Gasteiger charge is -2.29. The molecule has 10 heteroatoms. The van der Waals surface area contributed by atoms with Crippen LogP contribution in [0.25, 0.3) is 16.5 Å². The molecule has 1 fully saturated rings. The number of rotatable bonds is 5. The van der Waals surface area contributed by atoms with Crippen molar-refractivity contribution in [1.29, 1.82) is 0 Å². The van der Waals surface area contributed by atoms with Crippen LogP contribution in [0.3, 0.4) is 0 Å². The van der Waals surface area contributed by atoms with Crippen molar-refractivity contribution in [1.82, 2.24) is 14.8 Å². The Balaban J connectivity index is 1.65. The number of alkyl halides is 3. The molecule has 2 heterocycles. The minimum Gasteiger partial charge on any atom is -0.393 e. The van der Waals surface area contributed by atoms with E-state index in [2.05, 4.69) is 10.3 Å². The number of pyridine rings is 1. The quantitative estimate of drug-likeness (QED) is 0.411. The Hall–Kier alpha value is -3.14. The summed E-state index contributed by atoms with van der Waals surface area (Å²) < 4.78 is 40.4. The van der Waals surface area contributed by atoms with E-state index in [1.165, 1.54) is 0 Å². The number of hydrogen-bond donors (Lipinski definition) is 3. The summed E-state index contributed by atoms with van der Waals surface area (Å²) in [5.41, 5.74) is 2.76. The van der Waals surface area contributed by atoms with Crippen molar-refractivity contribution in [3.8, 4) is 5.69 Å². The summed E-state index contributed by atoms with van der Waals surface area (Å²) in [6.07, 6.45) is -2.21. The number of carbonyl (C=O) groups is 1. The summed E-state index contributed by atoms with van der Waals surface area (Å²) in [5, 5.41) is 18.9. The molecule has 0 radical (unpaired) electrons. The van der Waals surface area contributed by atoms with Crippen LogP contribution in [0.2, 0.25) is 0 Å². The Kier molecular flexibility index (Phi) is 6.65. The number of aliphatic hydroxyl groups excluding tert-OH is 1. The van der Waals surface area contributed by atoms with E-state index in [0.29, 0.717) is 59.1 Å². The number of anilines is 1. The van der Waals surface area contributed by atoms with Gasteiger partial charge in [0.05, 0.1) is 34.1 Å². The minimum atomic E-state index is -4.34. The van der Waals surface area contributed by atoms with E-state index >= 15 is 0 Å². The molecule has 204 valence electrons. The highest BCUT2D eigenvalue weighted by Gasteiger charge is 2.36. The largest absolute Gasteiger partial charge is 0.393 e. The molecule has 2 aromatic heterocycles. The second-order valence-corrected chi connectivity index (χ2v) is 11.6. The Labute approximate surface area is 218 Å². The number of nitrogens with zero attached hydrogens (tertiary/aromatic N) is 2. The maximum absolute atomic E-state index is 13.2. The highest BCUT2D eigenvalue weighted by molar-refractivity contribution is 6.00. The van der Waals surface area contributed by atoms with E-state index in [0.717, 1.165) is 18.5 Å². The number of halogens is 3. The van der Waals surface area contributed by atoms with Crippen LogP contribution >= 0.6 is 0 Å². The molecule has 1 saturated carbocycles. The summed E-state index contributed by atoms with van der Waals surface area (Å²) >= 11 is 0. The number of carbonyl (C=O) groups excluding carboxylic acids is 1. The van der Waals surface area contributed by atoms with Crippen LogP contribution < -0.4 is 10.9 Å². The van der Waals surface area contributed by atoms with Gasteiger partial charge in [0.1, 0.15) is 0 Å². The van der Waals surface area contributed by atoms with E-state index in [9.17, 15) is 27.9 Å². The average molecular weight is 531 g/mol. The van der Waals surface area contributed by atoms with Gasteiger partial charge in [0.25, 0.3) is 5.56 Å². The highest BCUT2D eigenvalue weighted by atomic mass is 19.4. The van der Waals surface area contributed by atoms with E-state index in [1.807, 2.05) is 19.9 Å². The molecule has 0 aliphatic heterocycles. The van der Waals surface area contributed by atoms with Crippen LogP contribution in [-0.4, -0.2) is 44.0 Å². The lowest BCUT2D eigenvalue weighted by Crippen LogP contribution is -2.29. The molecular formula is C28H33F3N4O3. The lowest BCUT2D eigenvalue weighted by atomic mass is 9.75. The van der Waals surface area contributed by atoms with E-state index in [4.69, 9.17) is 5.10 Å². The standard InChI is InChI=1S/C28H33F3N4O3/c1-15-24-22(13-27(2,3)14-23(24)37)35(34-15)19-11-16-10-18(8-9-28(29,30)31)33-26(38)25(16)21(12-19)32-17-4-6-20(36)7-5-17/h10-12,17,20,32,36H,4-9,13-14H2,1-3H3,(H,33,38). The first-order valence-electron chi connectivity index (χ1n) is 13.1. The highest BCUT2D eigenvalue weighted by Crippen LogP contribution is 2.38. The van der Waals surface area contributed by atoms with Crippen molar-refractivity contribution >= 4 is 22.2 Å². The van der Waals surface area contributed by atoms with Crippen molar-refractivity contribution in [2.45, 2.75) is 90.5 Å². The molecule has 0 bridgehead atoms. The fourth-order valence-electron chi connectivity index (χ4n) is 5.89. The molecule has 7 nitrogen and oxygen atoms in total. The zero-order valence-corrected chi connectivity index (χ0v) is 21.8. The number of hydrogen-bond acceptors (Lipinski definition) is 5. The summed E-state index contributed by atoms with van der Waals surface area (Å²) in [7, 11) is 0. The van der Waals surface area contributed by atoms with Crippen LogP contribution in [-0.2, 0) is 12.8 Å². The third-order valence-corrected chi connectivity index (χ3v) is 7.68. The molecule has 0 spiro atoms. The fraction of sp³-hybridized carbons (Fsp3) is 0.536. The van der Waals surface area contributed by atoms with Crippen molar-refractivity contribution < 1.29 is 23.1 Å². The van der Waals surface area contributed by atoms with Crippen molar-refractivity contribution in [2.75, 3.05) is 5.32 Å². The van der Waals surface area contributed by atoms with Crippen molar-refractivity contribution in [2.24, 2.45) is 5.41 Å². The van der Waals surface area contributed by atoms with Gasteiger partial charge in [-0.25, -0.2) is 4.68 Å². The minimum absolute atomic E-state index is 0.0370. The van der Waals surface area contributed by atoms with Crippen LogP contribution in [0.15, 0.2) is 23.0 Å². The molecule has 0 saturated heterocycles. The Bertz CT molecular complexity index is 1450. The van der Waals surface area contributed by atoms with Gasteiger partial charge in [-0.2, -0.15) is 18.3 Å². The maximum Gasteiger partial charge on any atom is 0.389 e. The average Bonchev–Trinajstić information content (AvgIpc) is 3.13. The van der Waals surface area contributed by atoms with Gasteiger partial charge in [-0.1, -0.05) is 13.8 Å². The number of H-pyrrole nitrogens is 1. The number of aliphatic hydroxyl groups is 1. The number of aryl methyl sites for hydroxylation is 2. The third-order valence-electron chi connectivity index (χ3n) is 7.68. The van der Waals surface area contributed by atoms with E-state index < -0.39 is 18.2 Å². The molecule has 38 heavy (non-hydrogen) atoms. The molecule has 3 aromatic rings. The van der Waals surface area contributed by atoms with Crippen molar-refractivity contribution in [3.63, 3.8) is 0 Å². The van der Waals surface area contributed by atoms with Gasteiger partial charge < -0.3 is 15.4 Å². The van der Waals surface area contributed by atoms with Gasteiger partial charge in [-0.3, -0.25) is 9.59 Å². The molecule has 0 atom stereocenters. The first-order valence-corrected chi connectivity index (χ1v) is 13.1. The molecular weight excluding hydrogens is 497 g/mol. The summed E-state index contributed by atoms with van der Waals surface area (Å²) in [6.45, 7) is 5.88. The summed E-state index contributed by atoms with van der Waals surface area (Å²) in [6, 6.07) is 5.22. The molecule has 2 aliphatic carbocycles. The van der Waals surface area contributed by atoms with Gasteiger partial charge in [-0.15, -0.1) is 0 Å². The fourth-order valence-corrected chi connectivity index (χ4v) is 5.89. The number of nitrogens with one attached hydrogen (secondary N) is 2. The van der Waals surface area contributed by atoms with Gasteiger partial charge in [0.2, 0.25) is 0 Å². The first-order chi connectivity index (χ1) is 17.8. The summed E-state index contributed by atoms with van der Waals surface area (Å²) in [5.74, 6) is 0.0470. The zero-order valence-electron chi connectivity index (χ0n) is 21.8. The Morgan fingerprint density at radius 1 is 1.13 bits per heavy atom. The molecule has 3 N–H and O–H groups in total. The predicted molar refractivity (Wildman–Crippen MR) is 139 cm³/mol. The number of ketones is 1. The number of Topliss-reactive ketones (excluding diaryl/α,β-unsaturated/α-hetero) is 1. The molecule has 5 rings (SSSR count). The van der Waals surface area contributed by atoms with Gasteiger partial charge in [0.15, 0.2) is 5.78 Å². The van der Waals surface area contributed by atoms with Crippen molar-refractivity contribution in [3.05, 3.63) is 51.2 Å². The predicted octanol–water partition coefficient (Wildman–Crippen LogP) is 5.39. The number of aromatic nitrogens is 3. The lowest BCUT2D eigenvalue weighted by molar-refractivity contribution is -0.134. The van der Waals surface area contributed by atoms with E-state index in [1.54, 1.807) is 23.7 Å². The van der Waals surface area contributed by atoms with Crippen LogP contribution in [0.5, 0.6) is 0 Å². The SMILES string of the molecule is Cc1nn(-c2cc(NC3CCC(O)CC3)c3c(=O)[nH]c(CCC(F)(F)F)cc3c2)c2c1C(=O)CC(C)(C)C2. The molecule has 2 aliphatic rings.